The molecule has 1 aliphatic rings. The van der Waals surface area contributed by atoms with Gasteiger partial charge in [0.15, 0.2) is 11.5 Å². The zero-order valence-electron chi connectivity index (χ0n) is 13.1. The number of fused-ring (bicyclic) bond motifs is 1. The molecule has 0 atom stereocenters. The van der Waals surface area contributed by atoms with Crippen molar-refractivity contribution in [2.24, 2.45) is 0 Å². The molecule has 2 aromatic rings. The van der Waals surface area contributed by atoms with Crippen LogP contribution in [0.3, 0.4) is 0 Å². The molecule has 5 nitrogen and oxygen atoms in total. The van der Waals surface area contributed by atoms with E-state index < -0.39 is 0 Å². The van der Waals surface area contributed by atoms with Gasteiger partial charge in [0.2, 0.25) is 0 Å². The lowest BCUT2D eigenvalue weighted by atomic mass is 10.1. The van der Waals surface area contributed by atoms with Crippen molar-refractivity contribution in [2.75, 3.05) is 17.2 Å². The first-order valence-corrected chi connectivity index (χ1v) is 7.83. The first kappa shape index (κ1) is 15.2. The molecule has 0 fully saturated rings. The first-order valence-electron chi connectivity index (χ1n) is 7.83. The van der Waals surface area contributed by atoms with Crippen LogP contribution in [0.5, 0.6) is 5.75 Å². The van der Waals surface area contributed by atoms with Crippen LogP contribution in [-0.2, 0) is 4.79 Å². The SMILES string of the molecule is CCCCCN1C(=O)/C(=C\c2ccco2)Oc2cc(N)ccc21. The fourth-order valence-corrected chi connectivity index (χ4v) is 2.58. The van der Waals surface area contributed by atoms with Crippen molar-refractivity contribution >= 4 is 23.4 Å². The van der Waals surface area contributed by atoms with Crippen molar-refractivity contribution < 1.29 is 13.9 Å². The van der Waals surface area contributed by atoms with E-state index in [9.17, 15) is 4.79 Å². The molecule has 1 aliphatic heterocycles. The number of rotatable bonds is 5. The van der Waals surface area contributed by atoms with Crippen molar-refractivity contribution in [3.8, 4) is 5.75 Å². The second kappa shape index (κ2) is 6.60. The third-order valence-electron chi connectivity index (χ3n) is 3.75. The average molecular weight is 312 g/mol. The number of nitrogens with zero attached hydrogens (tertiary/aromatic N) is 1. The number of ether oxygens (including phenoxy) is 1. The minimum atomic E-state index is -0.158. The fourth-order valence-electron chi connectivity index (χ4n) is 2.58. The van der Waals surface area contributed by atoms with Gasteiger partial charge in [-0.05, 0) is 30.7 Å². The van der Waals surface area contributed by atoms with Gasteiger partial charge in [-0.2, -0.15) is 0 Å². The van der Waals surface area contributed by atoms with Crippen molar-refractivity contribution in [2.45, 2.75) is 26.2 Å². The maximum Gasteiger partial charge on any atom is 0.294 e. The quantitative estimate of drug-likeness (QED) is 0.518. The Kier molecular flexibility index (Phi) is 4.37. The molecule has 5 heteroatoms. The molecular formula is C18H20N2O3. The standard InChI is InChI=1S/C18H20N2O3/c1-2-3-4-9-20-15-8-7-13(19)11-16(15)23-17(18(20)21)12-14-6-5-10-22-14/h5-8,10-12H,2-4,9,19H2,1H3/b17-12+. The van der Waals surface area contributed by atoms with Crippen LogP contribution < -0.4 is 15.4 Å². The molecule has 0 radical (unpaired) electrons. The van der Waals surface area contributed by atoms with Gasteiger partial charge >= 0.3 is 0 Å². The van der Waals surface area contributed by atoms with Crippen LogP contribution in [-0.4, -0.2) is 12.5 Å². The Balaban J connectivity index is 1.95. The van der Waals surface area contributed by atoms with Gasteiger partial charge in [-0.1, -0.05) is 19.8 Å². The monoisotopic (exact) mass is 312 g/mol. The van der Waals surface area contributed by atoms with E-state index in [2.05, 4.69) is 6.92 Å². The van der Waals surface area contributed by atoms with E-state index in [1.807, 2.05) is 6.07 Å². The summed E-state index contributed by atoms with van der Waals surface area (Å²) in [5.41, 5.74) is 7.21. The molecule has 1 aromatic carbocycles. The number of nitrogens with two attached hydrogens (primary N) is 1. The third kappa shape index (κ3) is 3.23. The van der Waals surface area contributed by atoms with Crippen molar-refractivity contribution in [1.29, 1.82) is 0 Å². The summed E-state index contributed by atoms with van der Waals surface area (Å²) >= 11 is 0. The molecule has 0 spiro atoms. The summed E-state index contributed by atoms with van der Waals surface area (Å²) in [5, 5.41) is 0. The summed E-state index contributed by atoms with van der Waals surface area (Å²) in [6, 6.07) is 8.90. The minimum absolute atomic E-state index is 0.158. The maximum atomic E-state index is 12.8. The lowest BCUT2D eigenvalue weighted by molar-refractivity contribution is -0.117. The molecule has 0 saturated carbocycles. The van der Waals surface area contributed by atoms with Crippen molar-refractivity contribution in [3.05, 3.63) is 48.1 Å². The summed E-state index contributed by atoms with van der Waals surface area (Å²) in [5.74, 6) is 1.26. The number of carbonyl (C=O) groups is 1. The molecule has 120 valence electrons. The molecule has 1 aromatic heterocycles. The number of furan rings is 1. The Hall–Kier alpha value is -2.69. The number of hydrogen-bond acceptors (Lipinski definition) is 4. The van der Waals surface area contributed by atoms with E-state index in [0.717, 1.165) is 24.9 Å². The fraction of sp³-hybridized carbons (Fsp3) is 0.278. The van der Waals surface area contributed by atoms with Gasteiger partial charge in [0.1, 0.15) is 5.76 Å². The summed E-state index contributed by atoms with van der Waals surface area (Å²) in [7, 11) is 0. The first-order chi connectivity index (χ1) is 11.2. The molecule has 0 aliphatic carbocycles. The average Bonchev–Trinajstić information content (AvgIpc) is 3.04. The van der Waals surface area contributed by atoms with E-state index in [1.54, 1.807) is 41.5 Å². The lowest BCUT2D eigenvalue weighted by Gasteiger charge is -2.30. The van der Waals surface area contributed by atoms with Gasteiger partial charge in [0.25, 0.3) is 5.91 Å². The minimum Gasteiger partial charge on any atom is -0.465 e. The van der Waals surface area contributed by atoms with Gasteiger partial charge in [-0.15, -0.1) is 0 Å². The number of anilines is 2. The molecule has 0 bridgehead atoms. The maximum absolute atomic E-state index is 12.8. The van der Waals surface area contributed by atoms with Gasteiger partial charge in [0.05, 0.1) is 12.0 Å². The number of hydrogen-bond donors (Lipinski definition) is 1. The second-order valence-electron chi connectivity index (χ2n) is 5.52. The van der Waals surface area contributed by atoms with E-state index in [-0.39, 0.29) is 11.7 Å². The summed E-state index contributed by atoms with van der Waals surface area (Å²) in [6.07, 6.45) is 6.29. The number of carbonyl (C=O) groups excluding carboxylic acids is 1. The van der Waals surface area contributed by atoms with Crippen LogP contribution in [0.15, 0.2) is 46.8 Å². The van der Waals surface area contributed by atoms with E-state index >= 15 is 0 Å². The number of amides is 1. The molecule has 0 saturated heterocycles. The summed E-state index contributed by atoms with van der Waals surface area (Å²) in [6.45, 7) is 2.79. The van der Waals surface area contributed by atoms with Gasteiger partial charge in [-0.3, -0.25) is 4.79 Å². The molecule has 3 rings (SSSR count). The second-order valence-corrected chi connectivity index (χ2v) is 5.52. The third-order valence-corrected chi connectivity index (χ3v) is 3.75. The van der Waals surface area contributed by atoms with Gasteiger partial charge in [0, 0.05) is 24.4 Å². The zero-order valence-corrected chi connectivity index (χ0v) is 13.1. The highest BCUT2D eigenvalue weighted by molar-refractivity contribution is 6.09. The predicted molar refractivity (Wildman–Crippen MR) is 90.0 cm³/mol. The molecule has 2 heterocycles. The summed E-state index contributed by atoms with van der Waals surface area (Å²) < 4.78 is 11.0. The lowest BCUT2D eigenvalue weighted by Crippen LogP contribution is -2.38. The topological polar surface area (TPSA) is 68.7 Å². The Labute approximate surface area is 135 Å². The van der Waals surface area contributed by atoms with Crippen LogP contribution in [0.4, 0.5) is 11.4 Å². The smallest absolute Gasteiger partial charge is 0.294 e. The Bertz CT molecular complexity index is 720. The van der Waals surface area contributed by atoms with Crippen LogP contribution in [0, 0.1) is 0 Å². The summed E-state index contributed by atoms with van der Waals surface area (Å²) in [4.78, 5) is 14.5. The Morgan fingerprint density at radius 2 is 2.13 bits per heavy atom. The largest absolute Gasteiger partial charge is 0.465 e. The molecule has 0 unspecified atom stereocenters. The predicted octanol–water partition coefficient (Wildman–Crippen LogP) is 3.82. The molecule has 1 amide bonds. The van der Waals surface area contributed by atoms with E-state index in [4.69, 9.17) is 14.9 Å². The van der Waals surface area contributed by atoms with Crippen LogP contribution in [0.1, 0.15) is 31.9 Å². The Morgan fingerprint density at radius 3 is 2.87 bits per heavy atom. The molecular weight excluding hydrogens is 292 g/mol. The van der Waals surface area contributed by atoms with Gasteiger partial charge < -0.3 is 19.8 Å². The Morgan fingerprint density at radius 1 is 1.26 bits per heavy atom. The van der Waals surface area contributed by atoms with Crippen molar-refractivity contribution in [1.82, 2.24) is 0 Å². The van der Waals surface area contributed by atoms with Crippen LogP contribution >= 0.6 is 0 Å². The van der Waals surface area contributed by atoms with E-state index in [1.165, 1.54) is 0 Å². The number of nitrogen functional groups attached to an aromatic ring is 1. The normalized spacial score (nSPS) is 15.6. The van der Waals surface area contributed by atoms with E-state index in [0.29, 0.717) is 23.7 Å². The highest BCUT2D eigenvalue weighted by Gasteiger charge is 2.30. The highest BCUT2D eigenvalue weighted by Crippen LogP contribution is 2.37. The zero-order chi connectivity index (χ0) is 16.2. The van der Waals surface area contributed by atoms with Crippen LogP contribution in [0.2, 0.25) is 0 Å². The molecule has 23 heavy (non-hydrogen) atoms. The molecule has 2 N–H and O–H groups in total. The number of unbranched alkanes of at least 4 members (excludes halogenated alkanes) is 2. The van der Waals surface area contributed by atoms with Gasteiger partial charge in [-0.25, -0.2) is 0 Å². The van der Waals surface area contributed by atoms with Crippen LogP contribution in [0.25, 0.3) is 6.08 Å². The van der Waals surface area contributed by atoms with Crippen molar-refractivity contribution in [3.63, 3.8) is 0 Å². The highest BCUT2D eigenvalue weighted by atomic mass is 16.5. The number of benzene rings is 1.